The second kappa shape index (κ2) is 15.2. The molecule has 2 aromatic rings. The molecular formula is C27H32B2N2O12S. The van der Waals surface area contributed by atoms with Crippen molar-refractivity contribution < 1.29 is 58.6 Å². The number of hydrogen-bond acceptors (Lipinski definition) is 11. The number of aromatic hydroxyl groups is 1. The van der Waals surface area contributed by atoms with E-state index >= 15 is 0 Å². The molecule has 2 amide bonds. The second-order valence-corrected chi connectivity index (χ2v) is 11.4. The normalized spacial score (nSPS) is 24.0. The van der Waals surface area contributed by atoms with Crippen molar-refractivity contribution in [2.75, 3.05) is 0 Å². The van der Waals surface area contributed by atoms with Crippen molar-refractivity contribution in [3.8, 4) is 5.75 Å². The van der Waals surface area contributed by atoms with Gasteiger partial charge in [0.25, 0.3) is 5.91 Å². The van der Waals surface area contributed by atoms with E-state index in [1.54, 1.807) is 35.7 Å². The number of thiophene rings is 1. The van der Waals surface area contributed by atoms with Crippen LogP contribution < -0.4 is 10.6 Å². The Balaban J connectivity index is 1.56. The quantitative estimate of drug-likeness (QED) is 0.0989. The molecular weight excluding hydrogens is 598 g/mol. The Hall–Kier alpha value is -3.89. The van der Waals surface area contributed by atoms with Gasteiger partial charge in [-0.15, -0.1) is 11.3 Å². The van der Waals surface area contributed by atoms with Gasteiger partial charge in [0.1, 0.15) is 5.75 Å². The van der Waals surface area contributed by atoms with Crippen LogP contribution in [0.2, 0.25) is 0 Å². The Bertz CT molecular complexity index is 1360. The van der Waals surface area contributed by atoms with Crippen molar-refractivity contribution in [3.63, 3.8) is 0 Å². The minimum absolute atomic E-state index is 0.0104. The molecule has 2 fully saturated rings. The third kappa shape index (κ3) is 8.83. The molecule has 234 valence electrons. The van der Waals surface area contributed by atoms with E-state index in [1.165, 1.54) is 17.4 Å². The van der Waals surface area contributed by atoms with E-state index in [1.807, 2.05) is 0 Å². The molecule has 0 saturated carbocycles. The maximum absolute atomic E-state index is 13.1. The molecule has 2 aliphatic heterocycles. The van der Waals surface area contributed by atoms with Crippen LogP contribution in [0, 0.1) is 0 Å². The second-order valence-electron chi connectivity index (χ2n) is 10.5. The van der Waals surface area contributed by atoms with Gasteiger partial charge >= 0.3 is 26.2 Å². The van der Waals surface area contributed by atoms with Crippen molar-refractivity contribution in [2.24, 2.45) is 0 Å². The van der Waals surface area contributed by atoms with Crippen LogP contribution in [0.3, 0.4) is 0 Å². The Morgan fingerprint density at radius 3 is 2.39 bits per heavy atom. The Morgan fingerprint density at radius 2 is 1.73 bits per heavy atom. The number of carbonyl (C=O) groups excluding carboxylic acids is 2. The molecule has 2 saturated heterocycles. The lowest BCUT2D eigenvalue weighted by molar-refractivity contribution is -0.140. The van der Waals surface area contributed by atoms with Crippen molar-refractivity contribution in [1.82, 2.24) is 10.6 Å². The lowest BCUT2D eigenvalue weighted by Gasteiger charge is -2.41. The predicted octanol–water partition coefficient (Wildman–Crippen LogP) is 0.915. The highest BCUT2D eigenvalue weighted by atomic mass is 32.1. The molecule has 0 spiro atoms. The predicted molar refractivity (Wildman–Crippen MR) is 157 cm³/mol. The number of carboxylic acids is 2. The lowest BCUT2D eigenvalue weighted by Crippen LogP contribution is -2.64. The number of carboxylic acid groups (broad SMARTS) is 2. The fraction of sp³-hybridized carbons (Fsp3) is 0.407. The van der Waals surface area contributed by atoms with Gasteiger partial charge in [0.2, 0.25) is 5.91 Å². The number of phenols is 1. The summed E-state index contributed by atoms with van der Waals surface area (Å²) in [4.78, 5) is 49.4. The van der Waals surface area contributed by atoms with Gasteiger partial charge in [0, 0.05) is 10.4 Å². The molecule has 4 rings (SSSR count). The Kier molecular flexibility index (Phi) is 11.4. The van der Waals surface area contributed by atoms with Crippen LogP contribution >= 0.6 is 11.3 Å². The standard InChI is InChI=1S/C27H32B2N2O12S/c32-14-18(21-6-3-9-44-21)27(39)30-22-8-7-16(12-24(35)36)42-29(22)43-20-11-17(13-25(37)38)41-28(40)26(20)31-23(34)10-15-4-1-2-5-19(15)33/h1-6,9,14,16-17,20,22,26,32-33,40H,7-8,10-13H2,(H,30,39)(H,31,34)(H,35,36)(H,37,38)/b18-14-/t16-,17-,20?,22-,26-/m0/s1. The third-order valence-electron chi connectivity index (χ3n) is 7.25. The lowest BCUT2D eigenvalue weighted by atomic mass is 9.67. The average Bonchev–Trinajstić information content (AvgIpc) is 3.48. The van der Waals surface area contributed by atoms with E-state index in [9.17, 15) is 44.6 Å². The molecule has 14 nitrogen and oxygen atoms in total. The summed E-state index contributed by atoms with van der Waals surface area (Å²) in [6, 6.07) is 9.56. The summed E-state index contributed by atoms with van der Waals surface area (Å²) in [7, 11) is -2.97. The van der Waals surface area contributed by atoms with Gasteiger partial charge < -0.3 is 50.0 Å². The molecule has 17 heteroatoms. The van der Waals surface area contributed by atoms with Gasteiger partial charge in [-0.25, -0.2) is 0 Å². The van der Waals surface area contributed by atoms with Crippen LogP contribution in [0.5, 0.6) is 5.75 Å². The van der Waals surface area contributed by atoms with Crippen molar-refractivity contribution in [3.05, 3.63) is 58.5 Å². The Labute approximate surface area is 256 Å². The van der Waals surface area contributed by atoms with Crippen molar-refractivity contribution >= 4 is 54.9 Å². The molecule has 1 unspecified atom stereocenters. The fourth-order valence-electron chi connectivity index (χ4n) is 5.18. The maximum Gasteiger partial charge on any atom is 0.481 e. The first-order valence-electron chi connectivity index (χ1n) is 13.9. The summed E-state index contributed by atoms with van der Waals surface area (Å²) in [5.41, 5.74) is 0.314. The highest BCUT2D eigenvalue weighted by Crippen LogP contribution is 2.28. The first kappa shape index (κ1) is 33.0. The van der Waals surface area contributed by atoms with Crippen LogP contribution in [0.4, 0.5) is 0 Å². The van der Waals surface area contributed by atoms with E-state index in [0.29, 0.717) is 16.7 Å². The third-order valence-corrected chi connectivity index (χ3v) is 8.15. The summed E-state index contributed by atoms with van der Waals surface area (Å²) in [5.74, 6) is -5.73. The minimum atomic E-state index is -1.69. The van der Waals surface area contributed by atoms with Crippen LogP contribution in [-0.2, 0) is 39.6 Å². The van der Waals surface area contributed by atoms with Gasteiger partial charge in [-0.1, -0.05) is 24.3 Å². The highest BCUT2D eigenvalue weighted by molar-refractivity contribution is 7.11. The Morgan fingerprint density at radius 1 is 1.00 bits per heavy atom. The van der Waals surface area contributed by atoms with Crippen LogP contribution in [-0.4, -0.2) is 93.6 Å². The molecule has 1 aromatic carbocycles. The smallest absolute Gasteiger partial charge is 0.481 e. The number of benzene rings is 1. The van der Waals surface area contributed by atoms with Crippen LogP contribution in [0.25, 0.3) is 5.57 Å². The summed E-state index contributed by atoms with van der Waals surface area (Å²) in [5, 5.41) is 56.4. The molecule has 3 heterocycles. The van der Waals surface area contributed by atoms with Gasteiger partial charge in [-0.2, -0.15) is 0 Å². The van der Waals surface area contributed by atoms with E-state index in [-0.39, 0.29) is 43.4 Å². The van der Waals surface area contributed by atoms with Crippen LogP contribution in [0.1, 0.15) is 42.5 Å². The van der Waals surface area contributed by atoms with E-state index in [2.05, 4.69) is 10.6 Å². The van der Waals surface area contributed by atoms with Crippen molar-refractivity contribution in [2.45, 2.75) is 68.7 Å². The summed E-state index contributed by atoms with van der Waals surface area (Å²) in [6.07, 6.45) is -2.92. The number of carbonyl (C=O) groups is 4. The summed E-state index contributed by atoms with van der Waals surface area (Å²) in [6.45, 7) is 0. The minimum Gasteiger partial charge on any atom is -0.515 e. The molecule has 44 heavy (non-hydrogen) atoms. The first-order valence-corrected chi connectivity index (χ1v) is 14.7. The summed E-state index contributed by atoms with van der Waals surface area (Å²) < 4.78 is 17.6. The average molecular weight is 630 g/mol. The number of aliphatic carboxylic acids is 2. The van der Waals surface area contributed by atoms with Crippen molar-refractivity contribution in [1.29, 1.82) is 0 Å². The first-order chi connectivity index (χ1) is 21.0. The fourth-order valence-corrected chi connectivity index (χ4v) is 5.91. The summed E-state index contributed by atoms with van der Waals surface area (Å²) >= 11 is 1.23. The van der Waals surface area contributed by atoms with Gasteiger partial charge in [-0.3, -0.25) is 19.2 Å². The van der Waals surface area contributed by atoms with E-state index < -0.39 is 74.6 Å². The zero-order chi connectivity index (χ0) is 31.8. The number of phenolic OH excluding ortho intramolecular Hbond substituents is 1. The zero-order valence-corrected chi connectivity index (χ0v) is 24.2. The van der Waals surface area contributed by atoms with Gasteiger partial charge in [-0.05, 0) is 36.8 Å². The number of rotatable bonds is 12. The largest absolute Gasteiger partial charge is 0.515 e. The highest BCUT2D eigenvalue weighted by Gasteiger charge is 2.48. The number of nitrogens with one attached hydrogen (secondary N) is 2. The number of amides is 2. The molecule has 5 atom stereocenters. The molecule has 2 aliphatic rings. The van der Waals surface area contributed by atoms with Gasteiger partial charge in [0.05, 0.1) is 61.3 Å². The van der Waals surface area contributed by atoms with E-state index in [0.717, 1.165) is 0 Å². The van der Waals surface area contributed by atoms with Crippen LogP contribution in [0.15, 0.2) is 48.0 Å². The zero-order valence-electron chi connectivity index (χ0n) is 23.4. The van der Waals surface area contributed by atoms with Gasteiger partial charge in [0.15, 0.2) is 0 Å². The monoisotopic (exact) mass is 630 g/mol. The molecule has 0 bridgehead atoms. The SMILES string of the molecule is O=C(O)C[C@@H]1CC[C@H](NC(=O)/C(=C\O)c2cccs2)B(OC2C[C@@H](CC(=O)O)OB(O)[C@H]2NC(=O)Cc2ccccc2O)O1. The molecule has 1 aromatic heterocycles. The number of aliphatic hydroxyl groups excluding tert-OH is 1. The van der Waals surface area contributed by atoms with E-state index in [4.69, 9.17) is 14.0 Å². The maximum atomic E-state index is 13.1. The number of hydrogen-bond donors (Lipinski definition) is 7. The molecule has 0 radical (unpaired) electrons. The molecule has 7 N–H and O–H groups in total. The number of para-hydroxylation sites is 1. The topological polar surface area (TPSA) is 221 Å². The molecule has 0 aliphatic carbocycles. The number of aliphatic hydroxyl groups is 1.